The maximum atomic E-state index is 14.2. The van der Waals surface area contributed by atoms with E-state index in [1.54, 1.807) is 0 Å². The molecule has 1 aliphatic heterocycles. The van der Waals surface area contributed by atoms with Crippen molar-refractivity contribution in [1.29, 1.82) is 0 Å². The fraction of sp³-hybridized carbons (Fsp3) is 0.200. The second kappa shape index (κ2) is 8.06. The summed E-state index contributed by atoms with van der Waals surface area (Å²) in [5.41, 5.74) is -2.73. The molecule has 0 radical (unpaired) electrons. The molecule has 4 aromatic heterocycles. The van der Waals surface area contributed by atoms with Gasteiger partial charge < -0.3 is 10.4 Å². The Bertz CT molecular complexity index is 1550. The van der Waals surface area contributed by atoms with E-state index in [1.165, 1.54) is 24.5 Å². The molecule has 0 aromatic carbocycles. The maximum Gasteiger partial charge on any atom is 0.401 e. The van der Waals surface area contributed by atoms with Crippen LogP contribution in [0.1, 0.15) is 23.0 Å². The second-order valence-corrected chi connectivity index (χ2v) is 8.88. The molecule has 0 saturated heterocycles. The Morgan fingerprint density at radius 2 is 1.92 bits per heavy atom. The van der Waals surface area contributed by atoms with Crippen LogP contribution in [0.3, 0.4) is 0 Å². The number of hydrogen-bond acceptors (Lipinski definition) is 6. The molecule has 36 heavy (non-hydrogen) atoms. The maximum absolute atomic E-state index is 14.2. The standard InChI is InChI=1S/C20H13Cl2F3N8O3/c1-19(20(23,24)25)8-31(12-6-26-14-3-13(22)30-33(14)15(12)19)18(36)29-10-2-11(21)16(27-5-10)32-7-9(4-28-32)17(34)35/h2-7H,8H2,1H3,(H,29,36)(H,34,35)/t19-/m1/s1. The summed E-state index contributed by atoms with van der Waals surface area (Å²) in [5, 5.41) is 19.3. The minimum Gasteiger partial charge on any atom is -0.478 e. The fourth-order valence-electron chi connectivity index (χ4n) is 3.90. The van der Waals surface area contributed by atoms with Crippen molar-refractivity contribution in [2.75, 3.05) is 16.8 Å². The topological polar surface area (TPSA) is 131 Å². The van der Waals surface area contributed by atoms with Gasteiger partial charge in [0, 0.05) is 18.8 Å². The number of carboxylic acids is 1. The number of rotatable bonds is 3. The Kier molecular flexibility index (Phi) is 5.33. The number of amides is 2. The number of hydrogen-bond donors (Lipinski definition) is 2. The number of nitrogens with one attached hydrogen (secondary N) is 1. The van der Waals surface area contributed by atoms with Crippen molar-refractivity contribution in [3.05, 3.63) is 58.4 Å². The van der Waals surface area contributed by atoms with Crippen LogP contribution in [-0.2, 0) is 5.41 Å². The van der Waals surface area contributed by atoms with E-state index < -0.39 is 30.1 Å². The average Bonchev–Trinajstić information content (AvgIpc) is 3.49. The SMILES string of the molecule is C[C@@]1(C(F)(F)F)CN(C(=O)Nc2cnc(-n3cc(C(=O)O)cn3)c(Cl)c2)c2cnc3cc(Cl)nn3c21. The molecule has 0 aliphatic carbocycles. The highest BCUT2D eigenvalue weighted by Crippen LogP contribution is 2.50. The fourth-order valence-corrected chi connectivity index (χ4v) is 4.33. The lowest BCUT2D eigenvalue weighted by atomic mass is 9.88. The molecule has 1 aliphatic rings. The molecule has 4 aromatic rings. The van der Waals surface area contributed by atoms with E-state index >= 15 is 0 Å². The van der Waals surface area contributed by atoms with Gasteiger partial charge in [-0.2, -0.15) is 23.4 Å². The lowest BCUT2D eigenvalue weighted by Crippen LogP contribution is -2.46. The minimum atomic E-state index is -4.73. The zero-order valence-electron chi connectivity index (χ0n) is 18.0. The first-order chi connectivity index (χ1) is 16.9. The van der Waals surface area contributed by atoms with Crippen LogP contribution in [0.4, 0.5) is 29.3 Å². The van der Waals surface area contributed by atoms with Gasteiger partial charge in [-0.05, 0) is 13.0 Å². The number of aromatic nitrogens is 6. The van der Waals surface area contributed by atoms with E-state index in [-0.39, 0.29) is 44.3 Å². The van der Waals surface area contributed by atoms with Crippen molar-refractivity contribution in [2.24, 2.45) is 0 Å². The largest absolute Gasteiger partial charge is 0.478 e. The zero-order chi connectivity index (χ0) is 26.0. The zero-order valence-corrected chi connectivity index (χ0v) is 19.5. The summed E-state index contributed by atoms with van der Waals surface area (Å²) in [6.07, 6.45) is -0.0602. The third-order valence-corrected chi connectivity index (χ3v) is 6.18. The van der Waals surface area contributed by atoms with Crippen molar-refractivity contribution in [1.82, 2.24) is 29.4 Å². The molecule has 0 saturated carbocycles. The van der Waals surface area contributed by atoms with Crippen LogP contribution in [0.2, 0.25) is 10.2 Å². The van der Waals surface area contributed by atoms with Crippen LogP contribution in [0, 0.1) is 0 Å². The number of urea groups is 1. The summed E-state index contributed by atoms with van der Waals surface area (Å²) in [4.78, 5) is 33.2. The van der Waals surface area contributed by atoms with Gasteiger partial charge in [-0.15, -0.1) is 0 Å². The molecule has 5 heterocycles. The molecule has 0 bridgehead atoms. The first kappa shape index (κ1) is 23.8. The summed E-state index contributed by atoms with van der Waals surface area (Å²) >= 11 is 12.1. The van der Waals surface area contributed by atoms with Gasteiger partial charge in [-0.3, -0.25) is 4.90 Å². The number of halogens is 5. The summed E-state index contributed by atoms with van der Waals surface area (Å²) in [6, 6.07) is 1.73. The molecular weight excluding hydrogens is 528 g/mol. The van der Waals surface area contributed by atoms with Crippen molar-refractivity contribution in [3.63, 3.8) is 0 Å². The lowest BCUT2D eigenvalue weighted by molar-refractivity contribution is -0.181. The van der Waals surface area contributed by atoms with Crippen LogP contribution >= 0.6 is 23.2 Å². The van der Waals surface area contributed by atoms with Crippen molar-refractivity contribution < 1.29 is 27.9 Å². The van der Waals surface area contributed by atoms with Crippen LogP contribution < -0.4 is 10.2 Å². The summed E-state index contributed by atoms with van der Waals surface area (Å²) < 4.78 is 44.7. The Balaban J connectivity index is 1.47. The first-order valence-electron chi connectivity index (χ1n) is 10.0. The van der Waals surface area contributed by atoms with E-state index in [0.29, 0.717) is 0 Å². The van der Waals surface area contributed by atoms with Gasteiger partial charge in [-0.1, -0.05) is 23.2 Å². The third-order valence-electron chi connectivity index (χ3n) is 5.71. The van der Waals surface area contributed by atoms with Gasteiger partial charge >= 0.3 is 18.2 Å². The van der Waals surface area contributed by atoms with Crippen LogP contribution in [-0.4, -0.2) is 59.2 Å². The Labute approximate surface area is 209 Å². The molecule has 5 rings (SSSR count). The molecule has 11 nitrogen and oxygen atoms in total. The summed E-state index contributed by atoms with van der Waals surface area (Å²) in [5.74, 6) is -1.11. The predicted octanol–water partition coefficient (Wildman–Crippen LogP) is 4.19. The first-order valence-corrected chi connectivity index (χ1v) is 10.8. The number of alkyl halides is 3. The van der Waals surface area contributed by atoms with Gasteiger partial charge in [-0.25, -0.2) is 28.8 Å². The highest BCUT2D eigenvalue weighted by Gasteiger charge is 2.60. The number of carbonyl (C=O) groups is 2. The predicted molar refractivity (Wildman–Crippen MR) is 121 cm³/mol. The van der Waals surface area contributed by atoms with Crippen LogP contribution in [0.25, 0.3) is 11.5 Å². The van der Waals surface area contributed by atoms with E-state index in [4.69, 9.17) is 28.3 Å². The molecule has 0 spiro atoms. The molecule has 2 N–H and O–H groups in total. The van der Waals surface area contributed by atoms with Crippen molar-refractivity contribution in [2.45, 2.75) is 18.5 Å². The van der Waals surface area contributed by atoms with Gasteiger partial charge in [0.05, 0.1) is 46.2 Å². The number of fused-ring (bicyclic) bond motifs is 3. The average molecular weight is 541 g/mol. The molecular formula is C20H13Cl2F3N8O3. The minimum absolute atomic E-state index is 0.00403. The number of carboxylic acid groups (broad SMARTS) is 1. The van der Waals surface area contributed by atoms with Crippen LogP contribution in [0.5, 0.6) is 0 Å². The molecule has 186 valence electrons. The lowest BCUT2D eigenvalue weighted by Gasteiger charge is -2.28. The molecule has 16 heteroatoms. The summed E-state index contributed by atoms with van der Waals surface area (Å²) in [6.45, 7) is 0.233. The van der Waals surface area contributed by atoms with Gasteiger partial charge in [0.1, 0.15) is 5.41 Å². The molecule has 0 fully saturated rings. The highest BCUT2D eigenvalue weighted by atomic mass is 35.5. The van der Waals surface area contributed by atoms with Crippen molar-refractivity contribution in [3.8, 4) is 5.82 Å². The molecule has 0 unspecified atom stereocenters. The monoisotopic (exact) mass is 540 g/mol. The van der Waals surface area contributed by atoms with Crippen molar-refractivity contribution >= 4 is 52.2 Å². The third kappa shape index (κ3) is 3.69. The summed E-state index contributed by atoms with van der Waals surface area (Å²) in [7, 11) is 0. The van der Waals surface area contributed by atoms with Gasteiger partial charge in [0.2, 0.25) is 0 Å². The van der Waals surface area contributed by atoms with Crippen LogP contribution in [0.15, 0.2) is 36.9 Å². The van der Waals surface area contributed by atoms with E-state index in [9.17, 15) is 22.8 Å². The molecule has 1 atom stereocenters. The van der Waals surface area contributed by atoms with E-state index in [1.807, 2.05) is 0 Å². The smallest absolute Gasteiger partial charge is 0.401 e. The van der Waals surface area contributed by atoms with E-state index in [2.05, 4.69) is 25.5 Å². The van der Waals surface area contributed by atoms with Gasteiger partial charge in [0.25, 0.3) is 0 Å². The normalized spacial score (nSPS) is 17.4. The highest BCUT2D eigenvalue weighted by molar-refractivity contribution is 6.32. The number of aromatic carboxylic acids is 1. The van der Waals surface area contributed by atoms with E-state index in [0.717, 1.165) is 33.4 Å². The second-order valence-electron chi connectivity index (χ2n) is 8.08. The number of carbonyl (C=O) groups excluding carboxylic acids is 1. The van der Waals surface area contributed by atoms with Gasteiger partial charge in [0.15, 0.2) is 16.6 Å². The number of anilines is 2. The number of pyridine rings is 1. The quantitative estimate of drug-likeness (QED) is 0.398. The number of nitrogens with zero attached hydrogens (tertiary/aromatic N) is 7. The molecule has 2 amide bonds. The Morgan fingerprint density at radius 1 is 1.17 bits per heavy atom. The Hall–Kier alpha value is -3.91. The Morgan fingerprint density at radius 3 is 2.56 bits per heavy atom.